The Labute approximate surface area is 161 Å². The summed E-state index contributed by atoms with van der Waals surface area (Å²) in [6, 6.07) is 10.1. The van der Waals surface area contributed by atoms with E-state index >= 15 is 0 Å². The fraction of sp³-hybridized carbons (Fsp3) is 0.353. The minimum absolute atomic E-state index is 0.122. The van der Waals surface area contributed by atoms with Crippen LogP contribution in [0.15, 0.2) is 35.5 Å². The Balaban J connectivity index is 1.64. The van der Waals surface area contributed by atoms with Crippen LogP contribution in [0.3, 0.4) is 0 Å². The maximum atomic E-state index is 5.66. The molecule has 0 amide bonds. The molecule has 1 aromatic carbocycles. The van der Waals surface area contributed by atoms with Crippen molar-refractivity contribution >= 4 is 29.6 Å². The number of nitrogen functional groups attached to an aromatic ring is 2. The molecule has 3 heterocycles. The SMILES string of the molecule is Nc1nc(N)nc(CSc2nnc(N3CCCCC3)n2-c2ccccc2)n1. The zero-order valence-electron chi connectivity index (χ0n) is 14.8. The normalized spacial score (nSPS) is 14.4. The van der Waals surface area contributed by atoms with Crippen LogP contribution in [0.1, 0.15) is 25.1 Å². The zero-order chi connectivity index (χ0) is 18.6. The molecule has 0 unspecified atom stereocenters. The van der Waals surface area contributed by atoms with Gasteiger partial charge in [-0.1, -0.05) is 30.0 Å². The van der Waals surface area contributed by atoms with E-state index in [4.69, 9.17) is 11.5 Å². The number of nitrogens with two attached hydrogens (primary N) is 2. The lowest BCUT2D eigenvalue weighted by atomic mass is 10.1. The van der Waals surface area contributed by atoms with Gasteiger partial charge in [-0.25, -0.2) is 0 Å². The molecule has 0 radical (unpaired) electrons. The van der Waals surface area contributed by atoms with Crippen LogP contribution in [0, 0.1) is 0 Å². The van der Waals surface area contributed by atoms with Crippen molar-refractivity contribution in [1.82, 2.24) is 29.7 Å². The van der Waals surface area contributed by atoms with Gasteiger partial charge >= 0.3 is 0 Å². The quantitative estimate of drug-likeness (QED) is 0.635. The molecule has 0 atom stereocenters. The van der Waals surface area contributed by atoms with Crippen LogP contribution < -0.4 is 16.4 Å². The molecule has 1 fully saturated rings. The lowest BCUT2D eigenvalue weighted by Crippen LogP contribution is -2.31. The van der Waals surface area contributed by atoms with Crippen LogP contribution in [0.2, 0.25) is 0 Å². The van der Waals surface area contributed by atoms with E-state index in [1.165, 1.54) is 31.0 Å². The Kier molecular flexibility index (Phi) is 5.05. The Morgan fingerprint density at radius 1 is 0.889 bits per heavy atom. The Hall–Kier alpha value is -2.88. The van der Waals surface area contributed by atoms with Gasteiger partial charge in [0.2, 0.25) is 17.8 Å². The van der Waals surface area contributed by atoms with Crippen molar-refractivity contribution in [2.45, 2.75) is 30.2 Å². The number of benzene rings is 1. The highest BCUT2D eigenvalue weighted by Gasteiger charge is 2.21. The highest BCUT2D eigenvalue weighted by atomic mass is 32.2. The van der Waals surface area contributed by atoms with Gasteiger partial charge in [0.05, 0.1) is 11.4 Å². The van der Waals surface area contributed by atoms with Gasteiger partial charge in [-0.2, -0.15) is 15.0 Å². The van der Waals surface area contributed by atoms with Gasteiger partial charge in [-0.3, -0.25) is 4.57 Å². The van der Waals surface area contributed by atoms with Gasteiger partial charge in [-0.15, -0.1) is 10.2 Å². The fourth-order valence-corrected chi connectivity index (χ4v) is 3.91. The van der Waals surface area contributed by atoms with Crippen molar-refractivity contribution < 1.29 is 0 Å². The summed E-state index contributed by atoms with van der Waals surface area (Å²) in [6.45, 7) is 1.99. The molecule has 3 aromatic rings. The van der Waals surface area contributed by atoms with Crippen molar-refractivity contribution in [3.8, 4) is 5.69 Å². The van der Waals surface area contributed by atoms with Gasteiger partial charge in [0.1, 0.15) is 5.82 Å². The van der Waals surface area contributed by atoms with Gasteiger partial charge in [-0.05, 0) is 31.4 Å². The van der Waals surface area contributed by atoms with Crippen molar-refractivity contribution in [3.63, 3.8) is 0 Å². The van der Waals surface area contributed by atoms with Crippen molar-refractivity contribution in [2.75, 3.05) is 29.5 Å². The highest BCUT2D eigenvalue weighted by molar-refractivity contribution is 7.98. The molecule has 0 aliphatic carbocycles. The van der Waals surface area contributed by atoms with Crippen LogP contribution in [0.5, 0.6) is 0 Å². The summed E-state index contributed by atoms with van der Waals surface area (Å²) in [5.74, 6) is 2.11. The highest BCUT2D eigenvalue weighted by Crippen LogP contribution is 2.29. The predicted molar refractivity (Wildman–Crippen MR) is 106 cm³/mol. The maximum Gasteiger partial charge on any atom is 0.232 e. The predicted octanol–water partition coefficient (Wildman–Crippen LogP) is 1.90. The number of anilines is 3. The largest absolute Gasteiger partial charge is 0.368 e. The molecule has 4 rings (SSSR count). The Morgan fingerprint density at radius 2 is 1.59 bits per heavy atom. The van der Waals surface area contributed by atoms with E-state index in [2.05, 4.69) is 46.7 Å². The average Bonchev–Trinajstić information content (AvgIpc) is 3.11. The number of hydrogen-bond acceptors (Lipinski definition) is 9. The minimum atomic E-state index is 0.122. The summed E-state index contributed by atoms with van der Waals surface area (Å²) >= 11 is 1.50. The van der Waals surface area contributed by atoms with E-state index in [1.807, 2.05) is 18.2 Å². The molecule has 1 aliphatic heterocycles. The van der Waals surface area contributed by atoms with E-state index in [1.54, 1.807) is 0 Å². The molecule has 0 spiro atoms. The summed E-state index contributed by atoms with van der Waals surface area (Å²) < 4.78 is 2.09. The molecule has 1 aliphatic rings. The minimum Gasteiger partial charge on any atom is -0.368 e. The summed E-state index contributed by atoms with van der Waals surface area (Å²) in [4.78, 5) is 14.4. The first-order valence-corrected chi connectivity index (χ1v) is 9.84. The van der Waals surface area contributed by atoms with Crippen molar-refractivity contribution in [3.05, 3.63) is 36.2 Å². The number of thioether (sulfide) groups is 1. The van der Waals surface area contributed by atoms with Gasteiger partial charge in [0, 0.05) is 13.1 Å². The second-order valence-electron chi connectivity index (χ2n) is 6.26. The number of piperidine rings is 1. The maximum absolute atomic E-state index is 5.66. The zero-order valence-corrected chi connectivity index (χ0v) is 15.6. The fourth-order valence-electron chi connectivity index (χ4n) is 3.11. The Morgan fingerprint density at radius 3 is 2.30 bits per heavy atom. The van der Waals surface area contributed by atoms with Crippen LogP contribution in [-0.2, 0) is 5.75 Å². The summed E-state index contributed by atoms with van der Waals surface area (Å²) in [5.41, 5.74) is 12.3. The second-order valence-corrected chi connectivity index (χ2v) is 7.20. The molecule has 140 valence electrons. The van der Waals surface area contributed by atoms with E-state index < -0.39 is 0 Å². The molecular weight excluding hydrogens is 362 g/mol. The van der Waals surface area contributed by atoms with Crippen molar-refractivity contribution in [2.24, 2.45) is 0 Å². The lowest BCUT2D eigenvalue weighted by Gasteiger charge is -2.27. The van der Waals surface area contributed by atoms with Crippen LogP contribution in [0.4, 0.5) is 17.8 Å². The first kappa shape index (κ1) is 17.5. The number of para-hydroxylation sites is 1. The van der Waals surface area contributed by atoms with Crippen LogP contribution >= 0.6 is 11.8 Å². The molecule has 1 saturated heterocycles. The number of aromatic nitrogens is 6. The third-order valence-electron chi connectivity index (χ3n) is 4.32. The standard InChI is InChI=1S/C17H21N9S/c18-14-20-13(21-15(19)22-14)11-27-17-24-23-16(25-9-5-2-6-10-25)26(17)12-7-3-1-4-8-12/h1,3-4,7-8H,2,5-6,9-11H2,(H4,18,19,20,21,22). The number of hydrogen-bond donors (Lipinski definition) is 2. The van der Waals surface area contributed by atoms with E-state index in [0.717, 1.165) is 29.9 Å². The molecule has 0 bridgehead atoms. The first-order valence-electron chi connectivity index (χ1n) is 8.85. The van der Waals surface area contributed by atoms with Gasteiger partial charge in [0.25, 0.3) is 0 Å². The van der Waals surface area contributed by atoms with Crippen molar-refractivity contribution in [1.29, 1.82) is 0 Å². The Bertz CT molecular complexity index is 886. The van der Waals surface area contributed by atoms with E-state index in [9.17, 15) is 0 Å². The molecule has 0 saturated carbocycles. The lowest BCUT2D eigenvalue weighted by molar-refractivity contribution is 0.564. The molecule has 27 heavy (non-hydrogen) atoms. The average molecular weight is 383 g/mol. The van der Waals surface area contributed by atoms with Crippen LogP contribution in [0.25, 0.3) is 5.69 Å². The summed E-state index contributed by atoms with van der Waals surface area (Å²) in [6.07, 6.45) is 3.61. The topological polar surface area (TPSA) is 125 Å². The summed E-state index contributed by atoms with van der Waals surface area (Å²) in [7, 11) is 0. The molecule has 2 aromatic heterocycles. The summed E-state index contributed by atoms with van der Waals surface area (Å²) in [5, 5.41) is 9.68. The molecule has 10 heteroatoms. The molecular formula is C17H21N9S. The van der Waals surface area contributed by atoms with E-state index in [-0.39, 0.29) is 11.9 Å². The third-order valence-corrected chi connectivity index (χ3v) is 5.24. The first-order chi connectivity index (χ1) is 13.2. The van der Waals surface area contributed by atoms with Gasteiger partial charge < -0.3 is 16.4 Å². The smallest absolute Gasteiger partial charge is 0.232 e. The molecule has 4 N–H and O–H groups in total. The second kappa shape index (κ2) is 7.78. The van der Waals surface area contributed by atoms with Crippen LogP contribution in [-0.4, -0.2) is 42.8 Å². The van der Waals surface area contributed by atoms with E-state index in [0.29, 0.717) is 11.6 Å². The number of nitrogens with zero attached hydrogens (tertiary/aromatic N) is 7. The monoisotopic (exact) mass is 383 g/mol. The molecule has 9 nitrogen and oxygen atoms in total. The van der Waals surface area contributed by atoms with Gasteiger partial charge in [0.15, 0.2) is 5.16 Å². The third kappa shape index (κ3) is 3.95. The number of rotatable bonds is 5.